The second kappa shape index (κ2) is 9.93. The van der Waals surface area contributed by atoms with Crippen LogP contribution in [-0.4, -0.2) is 43.1 Å². The summed E-state index contributed by atoms with van der Waals surface area (Å²) in [6.45, 7) is 6.44. The van der Waals surface area contributed by atoms with Crippen molar-refractivity contribution < 1.29 is 19.1 Å². The van der Waals surface area contributed by atoms with Crippen LogP contribution in [0, 0.1) is 0 Å². The van der Waals surface area contributed by atoms with Crippen LogP contribution in [0.3, 0.4) is 0 Å². The molecule has 0 atom stereocenters. The Kier molecular flexibility index (Phi) is 7.08. The molecule has 0 unspecified atom stereocenters. The maximum absolute atomic E-state index is 12.3. The molecule has 1 aliphatic heterocycles. The van der Waals surface area contributed by atoms with Gasteiger partial charge >= 0.3 is 6.03 Å². The lowest BCUT2D eigenvalue weighted by molar-refractivity contribution is -0.121. The number of hydrogen-bond donors (Lipinski definition) is 2. The highest BCUT2D eigenvalue weighted by molar-refractivity contribution is 6.01. The first-order valence-corrected chi connectivity index (χ1v) is 9.88. The predicted octanol–water partition coefficient (Wildman–Crippen LogP) is 3.19. The Morgan fingerprint density at radius 1 is 1.00 bits per heavy atom. The maximum Gasteiger partial charge on any atom is 0.325 e. The van der Waals surface area contributed by atoms with E-state index in [-0.39, 0.29) is 12.5 Å². The molecule has 1 heterocycles. The minimum Gasteiger partial charge on any atom is -0.490 e. The molecule has 29 heavy (non-hydrogen) atoms. The molecule has 7 heteroatoms. The Hall–Kier alpha value is -3.06. The molecule has 0 fully saturated rings. The summed E-state index contributed by atoms with van der Waals surface area (Å²) in [6, 6.07) is 12.8. The second-order valence-corrected chi connectivity index (χ2v) is 6.76. The van der Waals surface area contributed by atoms with Gasteiger partial charge in [-0.25, -0.2) is 4.79 Å². The van der Waals surface area contributed by atoms with Crippen molar-refractivity contribution in [1.29, 1.82) is 0 Å². The molecule has 0 radical (unpaired) electrons. The number of hydrogen-bond acceptors (Lipinski definition) is 5. The smallest absolute Gasteiger partial charge is 0.325 e. The third kappa shape index (κ3) is 5.71. The molecule has 2 aromatic carbocycles. The van der Waals surface area contributed by atoms with Gasteiger partial charge in [-0.15, -0.1) is 0 Å². The molecule has 1 aliphatic rings. The van der Waals surface area contributed by atoms with Gasteiger partial charge < -0.3 is 14.8 Å². The summed E-state index contributed by atoms with van der Waals surface area (Å²) >= 11 is 0. The Morgan fingerprint density at radius 3 is 2.48 bits per heavy atom. The summed E-state index contributed by atoms with van der Waals surface area (Å²) in [6.07, 6.45) is 0.905. The van der Waals surface area contributed by atoms with Gasteiger partial charge in [0.1, 0.15) is 0 Å². The molecule has 0 aromatic heterocycles. The number of anilines is 1. The third-order valence-corrected chi connectivity index (χ3v) is 4.63. The van der Waals surface area contributed by atoms with E-state index in [1.54, 1.807) is 18.2 Å². The number of carbonyl (C=O) groups is 2. The van der Waals surface area contributed by atoms with Crippen LogP contribution < -0.4 is 20.1 Å². The number of fused-ring (bicyclic) bond motifs is 1. The van der Waals surface area contributed by atoms with E-state index in [1.807, 2.05) is 30.9 Å². The van der Waals surface area contributed by atoms with Gasteiger partial charge in [-0.1, -0.05) is 24.3 Å². The van der Waals surface area contributed by atoms with Crippen molar-refractivity contribution in [2.75, 3.05) is 31.6 Å². The van der Waals surface area contributed by atoms with E-state index in [9.17, 15) is 9.59 Å². The predicted molar refractivity (Wildman–Crippen MR) is 111 cm³/mol. The Bertz CT molecular complexity index is 869. The Morgan fingerprint density at radius 2 is 1.72 bits per heavy atom. The van der Waals surface area contributed by atoms with Gasteiger partial charge in [0.05, 0.1) is 19.8 Å². The summed E-state index contributed by atoms with van der Waals surface area (Å²) in [7, 11) is 0. The number of nitrogens with one attached hydrogen (secondary N) is 2. The number of carbonyl (C=O) groups excluding carboxylic acids is 2. The van der Waals surface area contributed by atoms with Crippen molar-refractivity contribution in [3.05, 3.63) is 53.6 Å². The Balaban J connectivity index is 1.52. The molecule has 2 aromatic rings. The molecular weight excluding hydrogens is 370 g/mol. The molecule has 0 saturated heterocycles. The van der Waals surface area contributed by atoms with Crippen molar-refractivity contribution in [1.82, 2.24) is 10.2 Å². The van der Waals surface area contributed by atoms with E-state index in [4.69, 9.17) is 9.47 Å². The quantitative estimate of drug-likeness (QED) is 0.750. The van der Waals surface area contributed by atoms with E-state index in [0.29, 0.717) is 36.9 Å². The highest BCUT2D eigenvalue weighted by Crippen LogP contribution is 2.30. The van der Waals surface area contributed by atoms with E-state index in [2.05, 4.69) is 22.8 Å². The number of nitrogens with zero attached hydrogens (tertiary/aromatic N) is 1. The van der Waals surface area contributed by atoms with Crippen LogP contribution in [-0.2, 0) is 17.8 Å². The van der Waals surface area contributed by atoms with Crippen molar-refractivity contribution in [2.45, 2.75) is 26.8 Å². The van der Waals surface area contributed by atoms with Gasteiger partial charge in [-0.05, 0) is 43.5 Å². The summed E-state index contributed by atoms with van der Waals surface area (Å²) in [5.41, 5.74) is 3.07. The molecule has 0 aliphatic carbocycles. The summed E-state index contributed by atoms with van der Waals surface area (Å²) in [5, 5.41) is 5.06. The lowest BCUT2D eigenvalue weighted by Crippen LogP contribution is -2.43. The van der Waals surface area contributed by atoms with Crippen LogP contribution in [0.2, 0.25) is 0 Å². The molecule has 2 N–H and O–H groups in total. The average Bonchev–Trinajstić information content (AvgIpc) is 2.70. The van der Waals surface area contributed by atoms with Gasteiger partial charge in [0.25, 0.3) is 0 Å². The topological polar surface area (TPSA) is 79.9 Å². The number of rotatable bonds is 7. The molecule has 0 saturated carbocycles. The Labute approximate surface area is 171 Å². The molecule has 7 nitrogen and oxygen atoms in total. The standard InChI is InChI=1S/C22H27N3O4/c1-3-28-19-10-9-18(13-20(19)29-4-2)23-22(27)24-21(26)15-25-12-11-16-7-5-6-8-17(16)14-25/h5-10,13H,3-4,11-12,14-15H2,1-2H3,(H2,23,24,26,27). The summed E-state index contributed by atoms with van der Waals surface area (Å²) < 4.78 is 11.1. The van der Waals surface area contributed by atoms with Crippen molar-refractivity contribution in [3.63, 3.8) is 0 Å². The van der Waals surface area contributed by atoms with Gasteiger partial charge in [0, 0.05) is 24.8 Å². The number of amides is 3. The first-order valence-electron chi connectivity index (χ1n) is 9.88. The zero-order valence-electron chi connectivity index (χ0n) is 16.9. The minimum absolute atomic E-state index is 0.176. The fraction of sp³-hybridized carbons (Fsp3) is 0.364. The van der Waals surface area contributed by atoms with E-state index in [1.165, 1.54) is 11.1 Å². The fourth-order valence-electron chi connectivity index (χ4n) is 3.35. The van der Waals surface area contributed by atoms with Gasteiger partial charge in [0.15, 0.2) is 11.5 Å². The average molecular weight is 397 g/mol. The molecule has 3 rings (SSSR count). The zero-order chi connectivity index (χ0) is 20.6. The van der Waals surface area contributed by atoms with Crippen LogP contribution in [0.1, 0.15) is 25.0 Å². The van der Waals surface area contributed by atoms with Gasteiger partial charge in [0.2, 0.25) is 5.91 Å². The summed E-state index contributed by atoms with van der Waals surface area (Å²) in [4.78, 5) is 26.5. The van der Waals surface area contributed by atoms with Gasteiger partial charge in [-0.2, -0.15) is 0 Å². The fourth-order valence-corrected chi connectivity index (χ4v) is 3.35. The third-order valence-electron chi connectivity index (χ3n) is 4.63. The van der Waals surface area contributed by atoms with Crippen LogP contribution in [0.5, 0.6) is 11.5 Å². The molecule has 154 valence electrons. The molecule has 0 bridgehead atoms. The van der Waals surface area contributed by atoms with Crippen LogP contribution >= 0.6 is 0 Å². The van der Waals surface area contributed by atoms with Crippen LogP contribution in [0.4, 0.5) is 10.5 Å². The molecular formula is C22H27N3O4. The first kappa shape index (κ1) is 20.7. The zero-order valence-corrected chi connectivity index (χ0v) is 16.9. The lowest BCUT2D eigenvalue weighted by Gasteiger charge is -2.27. The van der Waals surface area contributed by atoms with E-state index in [0.717, 1.165) is 13.0 Å². The number of urea groups is 1. The van der Waals surface area contributed by atoms with Crippen molar-refractivity contribution in [3.8, 4) is 11.5 Å². The number of benzene rings is 2. The van der Waals surface area contributed by atoms with Crippen LogP contribution in [0.15, 0.2) is 42.5 Å². The highest BCUT2D eigenvalue weighted by atomic mass is 16.5. The van der Waals surface area contributed by atoms with Crippen LogP contribution in [0.25, 0.3) is 0 Å². The normalized spacial score (nSPS) is 13.3. The SMILES string of the molecule is CCOc1ccc(NC(=O)NC(=O)CN2CCc3ccccc3C2)cc1OCC. The van der Waals surface area contributed by atoms with Crippen molar-refractivity contribution >= 4 is 17.6 Å². The molecule has 3 amide bonds. The first-order chi connectivity index (χ1) is 14.1. The number of ether oxygens (including phenoxy) is 2. The molecule has 0 spiro atoms. The highest BCUT2D eigenvalue weighted by Gasteiger charge is 2.19. The van der Waals surface area contributed by atoms with E-state index >= 15 is 0 Å². The van der Waals surface area contributed by atoms with E-state index < -0.39 is 6.03 Å². The van der Waals surface area contributed by atoms with Crippen molar-refractivity contribution in [2.24, 2.45) is 0 Å². The number of imide groups is 1. The maximum atomic E-state index is 12.3. The monoisotopic (exact) mass is 397 g/mol. The minimum atomic E-state index is -0.570. The second-order valence-electron chi connectivity index (χ2n) is 6.76. The lowest BCUT2D eigenvalue weighted by atomic mass is 10.00. The largest absolute Gasteiger partial charge is 0.490 e. The summed E-state index contributed by atoms with van der Waals surface area (Å²) in [5.74, 6) is 0.824. The van der Waals surface area contributed by atoms with Gasteiger partial charge in [-0.3, -0.25) is 15.0 Å².